The van der Waals surface area contributed by atoms with Crippen LogP contribution < -0.4 is 21.5 Å². The molecule has 3 aromatic heterocycles. The number of aromatic nitrogens is 3. The van der Waals surface area contributed by atoms with Crippen molar-refractivity contribution in [3.63, 3.8) is 0 Å². The second-order valence-corrected chi connectivity index (χ2v) is 8.77. The Bertz CT molecular complexity index is 1160. The van der Waals surface area contributed by atoms with Crippen molar-refractivity contribution in [3.8, 4) is 0 Å². The van der Waals surface area contributed by atoms with Crippen molar-refractivity contribution in [2.75, 3.05) is 38.1 Å². The molecule has 1 aliphatic heterocycles. The van der Waals surface area contributed by atoms with Crippen LogP contribution in [0.3, 0.4) is 0 Å². The first-order chi connectivity index (χ1) is 14.5. The predicted octanol–water partition coefficient (Wildman–Crippen LogP) is 1.52. The number of anilines is 1. The van der Waals surface area contributed by atoms with Gasteiger partial charge in [0.15, 0.2) is 0 Å². The number of piperazine rings is 1. The Kier molecular flexibility index (Phi) is 6.03. The molecule has 9 heteroatoms. The molecule has 0 aromatic carbocycles. The molecule has 0 radical (unpaired) electrons. The fourth-order valence-corrected chi connectivity index (χ4v) is 5.15. The Balaban J connectivity index is 1.43. The Labute approximate surface area is 179 Å². The number of H-pyrrole nitrogens is 1. The number of rotatable bonds is 6. The molecule has 1 saturated heterocycles. The van der Waals surface area contributed by atoms with Gasteiger partial charge >= 0.3 is 5.69 Å². The van der Waals surface area contributed by atoms with E-state index in [1.165, 1.54) is 21.6 Å². The highest BCUT2D eigenvalue weighted by Crippen LogP contribution is 2.24. The van der Waals surface area contributed by atoms with E-state index in [2.05, 4.69) is 39.2 Å². The molecule has 3 aromatic rings. The van der Waals surface area contributed by atoms with E-state index in [-0.39, 0.29) is 11.2 Å². The highest BCUT2D eigenvalue weighted by atomic mass is 32.1. The molecule has 1 fully saturated rings. The van der Waals surface area contributed by atoms with Crippen LogP contribution in [-0.2, 0) is 19.6 Å². The summed E-state index contributed by atoms with van der Waals surface area (Å²) in [5.41, 5.74) is 3.45. The molecule has 0 aliphatic carbocycles. The van der Waals surface area contributed by atoms with Gasteiger partial charge in [0.2, 0.25) is 0 Å². The number of nitrogens with one attached hydrogen (secondary N) is 2. The van der Waals surface area contributed by atoms with Crippen LogP contribution in [0.1, 0.15) is 23.2 Å². The largest absolute Gasteiger partial charge is 0.368 e. The third-order valence-corrected chi connectivity index (χ3v) is 6.70. The van der Waals surface area contributed by atoms with Crippen LogP contribution in [0.2, 0.25) is 0 Å². The molecular formula is C21H28N6O2S. The Morgan fingerprint density at radius 3 is 2.63 bits per heavy atom. The average molecular weight is 429 g/mol. The second-order valence-electron chi connectivity index (χ2n) is 7.64. The van der Waals surface area contributed by atoms with E-state index < -0.39 is 0 Å². The van der Waals surface area contributed by atoms with Gasteiger partial charge in [-0.15, -0.1) is 11.3 Å². The number of aryl methyl sites for hydroxylation is 1. The first kappa shape index (κ1) is 20.8. The smallest absolute Gasteiger partial charge is 0.328 e. The molecule has 2 N–H and O–H groups in total. The van der Waals surface area contributed by atoms with E-state index in [0.717, 1.165) is 55.5 Å². The minimum absolute atomic E-state index is 0.193. The summed E-state index contributed by atoms with van der Waals surface area (Å²) in [7, 11) is 1.93. The first-order valence-corrected chi connectivity index (χ1v) is 11.2. The summed E-state index contributed by atoms with van der Waals surface area (Å²) in [6, 6.07) is 6.21. The van der Waals surface area contributed by atoms with E-state index in [1.54, 1.807) is 0 Å². The summed E-state index contributed by atoms with van der Waals surface area (Å²) in [5.74, 6) is 0. The Morgan fingerprint density at radius 1 is 1.20 bits per heavy atom. The molecule has 8 nitrogen and oxygen atoms in total. The lowest BCUT2D eigenvalue weighted by Crippen LogP contribution is -2.46. The second kappa shape index (κ2) is 8.71. The van der Waals surface area contributed by atoms with Crippen LogP contribution in [0.4, 0.5) is 5.69 Å². The quantitative estimate of drug-likeness (QED) is 0.619. The molecule has 0 atom stereocenters. The van der Waals surface area contributed by atoms with Gasteiger partial charge in [-0.2, -0.15) is 0 Å². The number of aromatic amines is 1. The Morgan fingerprint density at radius 2 is 1.97 bits per heavy atom. The molecule has 0 spiro atoms. The molecule has 0 unspecified atom stereocenters. The average Bonchev–Trinajstić information content (AvgIpc) is 3.12. The monoisotopic (exact) mass is 428 g/mol. The third kappa shape index (κ3) is 4.05. The molecule has 0 saturated carbocycles. The summed E-state index contributed by atoms with van der Waals surface area (Å²) in [6.45, 7) is 9.60. The topological polar surface area (TPSA) is 86.3 Å². The number of hydrogen-bond donors (Lipinski definition) is 2. The molecule has 0 amide bonds. The van der Waals surface area contributed by atoms with Crippen LogP contribution in [0.5, 0.6) is 0 Å². The summed E-state index contributed by atoms with van der Waals surface area (Å²) < 4.78 is 1.88. The maximum absolute atomic E-state index is 12.5. The lowest BCUT2D eigenvalue weighted by Gasteiger charge is -2.36. The van der Waals surface area contributed by atoms with Gasteiger partial charge in [-0.25, -0.2) is 4.79 Å². The SMILES string of the molecule is CCn1c(=O)[nH]c2cc(CN3CCN(c4ccc(CNC)nc4C)CC3)sc2c1=O. The summed E-state index contributed by atoms with van der Waals surface area (Å²) >= 11 is 1.49. The fraction of sp³-hybridized carbons (Fsp3) is 0.476. The highest BCUT2D eigenvalue weighted by Gasteiger charge is 2.20. The van der Waals surface area contributed by atoms with Gasteiger partial charge in [0, 0.05) is 50.7 Å². The minimum atomic E-state index is -0.335. The van der Waals surface area contributed by atoms with E-state index >= 15 is 0 Å². The lowest BCUT2D eigenvalue weighted by atomic mass is 10.2. The maximum Gasteiger partial charge on any atom is 0.328 e. The summed E-state index contributed by atoms with van der Waals surface area (Å²) in [5, 5.41) is 3.14. The van der Waals surface area contributed by atoms with E-state index in [1.807, 2.05) is 20.0 Å². The van der Waals surface area contributed by atoms with Gasteiger partial charge in [0.1, 0.15) is 4.70 Å². The van der Waals surface area contributed by atoms with Crippen molar-refractivity contribution < 1.29 is 0 Å². The van der Waals surface area contributed by atoms with E-state index in [4.69, 9.17) is 4.98 Å². The van der Waals surface area contributed by atoms with Crippen LogP contribution >= 0.6 is 11.3 Å². The molecule has 30 heavy (non-hydrogen) atoms. The lowest BCUT2D eigenvalue weighted by molar-refractivity contribution is 0.252. The van der Waals surface area contributed by atoms with E-state index in [0.29, 0.717) is 16.8 Å². The van der Waals surface area contributed by atoms with Crippen molar-refractivity contribution in [1.29, 1.82) is 0 Å². The predicted molar refractivity (Wildman–Crippen MR) is 122 cm³/mol. The van der Waals surface area contributed by atoms with Gasteiger partial charge in [0.25, 0.3) is 5.56 Å². The van der Waals surface area contributed by atoms with Gasteiger partial charge in [-0.05, 0) is 39.1 Å². The Hall–Kier alpha value is -2.49. The summed E-state index contributed by atoms with van der Waals surface area (Å²) in [6.07, 6.45) is 0. The highest BCUT2D eigenvalue weighted by molar-refractivity contribution is 7.18. The van der Waals surface area contributed by atoms with Crippen molar-refractivity contribution in [2.45, 2.75) is 33.5 Å². The fourth-order valence-electron chi connectivity index (χ4n) is 4.04. The first-order valence-electron chi connectivity index (χ1n) is 10.3. The van der Waals surface area contributed by atoms with Gasteiger partial charge in [-0.1, -0.05) is 0 Å². The molecule has 4 rings (SSSR count). The number of pyridine rings is 1. The summed E-state index contributed by atoms with van der Waals surface area (Å²) in [4.78, 5) is 38.0. The van der Waals surface area contributed by atoms with Crippen molar-refractivity contribution in [2.24, 2.45) is 0 Å². The third-order valence-electron chi connectivity index (χ3n) is 5.59. The number of nitrogens with zero attached hydrogens (tertiary/aromatic N) is 4. The van der Waals surface area contributed by atoms with Crippen LogP contribution in [0.15, 0.2) is 27.8 Å². The van der Waals surface area contributed by atoms with Gasteiger partial charge < -0.3 is 15.2 Å². The zero-order valence-corrected chi connectivity index (χ0v) is 18.5. The molecule has 160 valence electrons. The number of fused-ring (bicyclic) bond motifs is 1. The standard InChI is InChI=1S/C21H28N6O2S/c1-4-27-20(28)19-17(24-21(27)29)11-16(30-19)13-25-7-9-26(10-8-25)18-6-5-15(12-22-3)23-14(18)2/h5-6,11,22H,4,7-10,12-13H2,1-3H3,(H,24,29). The zero-order chi connectivity index (χ0) is 21.3. The zero-order valence-electron chi connectivity index (χ0n) is 17.7. The van der Waals surface area contributed by atoms with Crippen LogP contribution in [-0.4, -0.2) is 52.7 Å². The maximum atomic E-state index is 12.5. The van der Waals surface area contributed by atoms with Crippen molar-refractivity contribution >= 4 is 27.2 Å². The molecular weight excluding hydrogens is 400 g/mol. The van der Waals surface area contributed by atoms with Crippen LogP contribution in [0, 0.1) is 6.92 Å². The minimum Gasteiger partial charge on any atom is -0.368 e. The van der Waals surface area contributed by atoms with Crippen molar-refractivity contribution in [3.05, 3.63) is 55.3 Å². The van der Waals surface area contributed by atoms with Crippen LogP contribution in [0.25, 0.3) is 10.2 Å². The number of thiophene rings is 1. The normalized spacial score (nSPS) is 15.2. The molecule has 1 aliphatic rings. The molecule has 4 heterocycles. The van der Waals surface area contributed by atoms with Gasteiger partial charge in [-0.3, -0.25) is 19.2 Å². The van der Waals surface area contributed by atoms with Gasteiger partial charge in [0.05, 0.1) is 22.6 Å². The molecule has 0 bridgehead atoms. The van der Waals surface area contributed by atoms with E-state index in [9.17, 15) is 9.59 Å². The number of hydrogen-bond acceptors (Lipinski definition) is 7. The van der Waals surface area contributed by atoms with Crippen molar-refractivity contribution in [1.82, 2.24) is 24.8 Å².